The average Bonchev–Trinajstić information content (AvgIpc) is 2.77. The maximum Gasteiger partial charge on any atom is 0.181 e. The number of nitrogens with zero attached hydrogens (tertiary/aromatic N) is 1. The van der Waals surface area contributed by atoms with Gasteiger partial charge in [-0.25, -0.2) is 0 Å². The molecule has 0 bridgehead atoms. The highest BCUT2D eigenvalue weighted by atomic mass is 16.5. The Morgan fingerprint density at radius 1 is 1.40 bits per heavy atom. The fraction of sp³-hybridized carbons (Fsp3) is 0.182. The highest BCUT2D eigenvalue weighted by molar-refractivity contribution is 5.55. The van der Waals surface area contributed by atoms with E-state index in [0.717, 1.165) is 23.5 Å². The van der Waals surface area contributed by atoms with Gasteiger partial charge in [-0.3, -0.25) is 4.98 Å². The molecule has 76 valence electrons. The zero-order valence-electron chi connectivity index (χ0n) is 8.01. The van der Waals surface area contributed by atoms with Gasteiger partial charge in [-0.15, -0.1) is 0 Å². The van der Waals surface area contributed by atoms with Crippen molar-refractivity contribution < 1.29 is 9.15 Å². The molecule has 4 heteroatoms. The van der Waals surface area contributed by atoms with Crippen LogP contribution >= 0.6 is 0 Å². The van der Waals surface area contributed by atoms with E-state index < -0.39 is 0 Å². The van der Waals surface area contributed by atoms with E-state index in [9.17, 15) is 0 Å². The predicted octanol–water partition coefficient (Wildman–Crippen LogP) is 2.22. The maximum atomic E-state index is 5.76. The maximum absolute atomic E-state index is 5.76. The Kier molecular flexibility index (Phi) is 1.84. The molecule has 0 spiro atoms. The number of anilines is 1. The standard InChI is InChI=1S/C11H10N2O2/c1-2-8(4-12-3-1)10-5-13-9-6-14-7-11(9)15-10/h1-4,6-7,10,13H,5H2. The molecule has 0 saturated heterocycles. The second-order valence-electron chi connectivity index (χ2n) is 3.42. The van der Waals surface area contributed by atoms with Crippen LogP contribution in [0.3, 0.4) is 0 Å². The number of aromatic nitrogens is 1. The van der Waals surface area contributed by atoms with Crippen molar-refractivity contribution in [2.24, 2.45) is 0 Å². The number of furan rings is 1. The summed E-state index contributed by atoms with van der Waals surface area (Å²) in [5.74, 6) is 0.759. The Morgan fingerprint density at radius 2 is 2.40 bits per heavy atom. The smallest absolute Gasteiger partial charge is 0.181 e. The molecule has 1 aliphatic rings. The van der Waals surface area contributed by atoms with E-state index in [2.05, 4.69) is 10.3 Å². The first kappa shape index (κ1) is 8.35. The quantitative estimate of drug-likeness (QED) is 0.770. The lowest BCUT2D eigenvalue weighted by Crippen LogP contribution is -2.22. The minimum absolute atomic E-state index is 0.00352. The van der Waals surface area contributed by atoms with E-state index in [0.29, 0.717) is 0 Å². The molecule has 2 aromatic heterocycles. The van der Waals surface area contributed by atoms with Crippen LogP contribution in [0.25, 0.3) is 0 Å². The van der Waals surface area contributed by atoms with E-state index in [1.165, 1.54) is 0 Å². The summed E-state index contributed by atoms with van der Waals surface area (Å²) in [5.41, 5.74) is 1.98. The lowest BCUT2D eigenvalue weighted by atomic mass is 10.1. The minimum atomic E-state index is 0.00352. The highest BCUT2D eigenvalue weighted by Gasteiger charge is 2.22. The molecule has 1 atom stereocenters. The summed E-state index contributed by atoms with van der Waals surface area (Å²) >= 11 is 0. The van der Waals surface area contributed by atoms with Crippen LogP contribution in [-0.2, 0) is 0 Å². The van der Waals surface area contributed by atoms with Crippen molar-refractivity contribution in [3.05, 3.63) is 42.6 Å². The molecule has 15 heavy (non-hydrogen) atoms. The number of hydrogen-bond acceptors (Lipinski definition) is 4. The molecule has 1 aliphatic heterocycles. The van der Waals surface area contributed by atoms with Crippen molar-refractivity contribution in [2.75, 3.05) is 11.9 Å². The fourth-order valence-corrected chi connectivity index (χ4v) is 1.66. The second kappa shape index (κ2) is 3.31. The molecule has 0 amide bonds. The van der Waals surface area contributed by atoms with Gasteiger partial charge in [-0.1, -0.05) is 6.07 Å². The van der Waals surface area contributed by atoms with Gasteiger partial charge in [0.25, 0.3) is 0 Å². The summed E-state index contributed by atoms with van der Waals surface area (Å²) in [5, 5.41) is 3.24. The lowest BCUT2D eigenvalue weighted by molar-refractivity contribution is 0.209. The summed E-state index contributed by atoms with van der Waals surface area (Å²) in [6.07, 6.45) is 6.82. The zero-order chi connectivity index (χ0) is 10.1. The molecule has 3 heterocycles. The van der Waals surface area contributed by atoms with Crippen LogP contribution in [0.4, 0.5) is 5.69 Å². The van der Waals surface area contributed by atoms with Gasteiger partial charge in [0, 0.05) is 18.0 Å². The third-order valence-corrected chi connectivity index (χ3v) is 2.43. The Labute approximate surface area is 86.9 Å². The Balaban J connectivity index is 1.88. The van der Waals surface area contributed by atoms with Gasteiger partial charge in [0.1, 0.15) is 24.3 Å². The van der Waals surface area contributed by atoms with Crippen LogP contribution in [0.15, 0.2) is 41.5 Å². The van der Waals surface area contributed by atoms with Crippen LogP contribution in [0, 0.1) is 0 Å². The van der Waals surface area contributed by atoms with Crippen molar-refractivity contribution in [1.29, 1.82) is 0 Å². The molecule has 1 N–H and O–H groups in total. The average molecular weight is 202 g/mol. The van der Waals surface area contributed by atoms with Crippen LogP contribution in [0.1, 0.15) is 11.7 Å². The van der Waals surface area contributed by atoms with Crippen LogP contribution in [0.5, 0.6) is 5.75 Å². The van der Waals surface area contributed by atoms with Crippen molar-refractivity contribution >= 4 is 5.69 Å². The van der Waals surface area contributed by atoms with Gasteiger partial charge >= 0.3 is 0 Å². The molecule has 0 saturated carbocycles. The molecule has 1 unspecified atom stereocenters. The summed E-state index contributed by atoms with van der Waals surface area (Å²) in [4.78, 5) is 4.07. The van der Waals surface area contributed by atoms with Crippen molar-refractivity contribution in [3.8, 4) is 5.75 Å². The third-order valence-electron chi connectivity index (χ3n) is 2.43. The molecule has 2 aromatic rings. The van der Waals surface area contributed by atoms with Crippen molar-refractivity contribution in [3.63, 3.8) is 0 Å². The van der Waals surface area contributed by atoms with E-state index in [4.69, 9.17) is 9.15 Å². The Morgan fingerprint density at radius 3 is 3.27 bits per heavy atom. The SMILES string of the molecule is c1cncc(C2CNc3cocc3O2)c1. The van der Waals surface area contributed by atoms with Crippen molar-refractivity contribution in [1.82, 2.24) is 4.98 Å². The summed E-state index contributed by atoms with van der Waals surface area (Å²) in [6.45, 7) is 0.734. The predicted molar refractivity (Wildman–Crippen MR) is 54.8 cm³/mol. The van der Waals surface area contributed by atoms with Gasteiger partial charge in [-0.05, 0) is 6.07 Å². The Hall–Kier alpha value is -1.97. The fourth-order valence-electron chi connectivity index (χ4n) is 1.66. The first-order chi connectivity index (χ1) is 7.43. The van der Waals surface area contributed by atoms with Gasteiger partial charge in [0.05, 0.1) is 6.54 Å². The molecule has 0 aliphatic carbocycles. The lowest BCUT2D eigenvalue weighted by Gasteiger charge is -2.24. The summed E-state index contributed by atoms with van der Waals surface area (Å²) in [6, 6.07) is 3.91. The van der Waals surface area contributed by atoms with E-state index in [1.54, 1.807) is 18.7 Å². The normalized spacial score (nSPS) is 18.8. The van der Waals surface area contributed by atoms with Gasteiger partial charge < -0.3 is 14.5 Å². The van der Waals surface area contributed by atoms with E-state index in [-0.39, 0.29) is 6.10 Å². The third kappa shape index (κ3) is 1.44. The van der Waals surface area contributed by atoms with Gasteiger partial charge in [-0.2, -0.15) is 0 Å². The first-order valence-electron chi connectivity index (χ1n) is 4.80. The zero-order valence-corrected chi connectivity index (χ0v) is 8.01. The number of ether oxygens (including phenoxy) is 1. The molecule has 0 aromatic carbocycles. The number of hydrogen-bond donors (Lipinski definition) is 1. The largest absolute Gasteiger partial charge is 0.478 e. The van der Waals surface area contributed by atoms with Crippen molar-refractivity contribution in [2.45, 2.75) is 6.10 Å². The van der Waals surface area contributed by atoms with E-state index in [1.807, 2.05) is 18.3 Å². The number of nitrogens with one attached hydrogen (secondary N) is 1. The van der Waals surface area contributed by atoms with Gasteiger partial charge in [0.15, 0.2) is 5.75 Å². The molecular weight excluding hydrogens is 192 g/mol. The first-order valence-corrected chi connectivity index (χ1v) is 4.80. The molecule has 4 nitrogen and oxygen atoms in total. The minimum Gasteiger partial charge on any atom is -0.478 e. The Bertz CT molecular complexity index is 453. The van der Waals surface area contributed by atoms with Crippen LogP contribution < -0.4 is 10.1 Å². The van der Waals surface area contributed by atoms with Gasteiger partial charge in [0.2, 0.25) is 0 Å². The van der Waals surface area contributed by atoms with Crippen LogP contribution in [-0.4, -0.2) is 11.5 Å². The molecule has 0 radical (unpaired) electrons. The molecular formula is C11H10N2O2. The molecule has 0 fully saturated rings. The topological polar surface area (TPSA) is 47.3 Å². The second-order valence-corrected chi connectivity index (χ2v) is 3.42. The number of fused-ring (bicyclic) bond motifs is 1. The number of pyridine rings is 1. The summed E-state index contributed by atoms with van der Waals surface area (Å²) < 4.78 is 10.8. The van der Waals surface area contributed by atoms with Crippen LogP contribution in [0.2, 0.25) is 0 Å². The number of rotatable bonds is 1. The highest BCUT2D eigenvalue weighted by Crippen LogP contribution is 2.34. The molecule has 3 rings (SSSR count). The van der Waals surface area contributed by atoms with E-state index >= 15 is 0 Å². The monoisotopic (exact) mass is 202 g/mol. The summed E-state index contributed by atoms with van der Waals surface area (Å²) in [7, 11) is 0.